The summed E-state index contributed by atoms with van der Waals surface area (Å²) >= 11 is 0. The van der Waals surface area contributed by atoms with E-state index in [1.807, 2.05) is 6.07 Å². The summed E-state index contributed by atoms with van der Waals surface area (Å²) < 4.78 is 33.8. The van der Waals surface area contributed by atoms with Crippen molar-refractivity contribution >= 4 is 11.8 Å². The molecule has 3 aromatic carbocycles. The number of aromatic hydroxyl groups is 1. The van der Waals surface area contributed by atoms with E-state index in [1.165, 1.54) is 24.3 Å². The smallest absolute Gasteiger partial charge is 0.412 e. The van der Waals surface area contributed by atoms with Gasteiger partial charge in [0.2, 0.25) is 0 Å². The number of rotatable bonds is 3. The van der Waals surface area contributed by atoms with Crippen molar-refractivity contribution in [2.75, 3.05) is 5.32 Å². The molecule has 2 N–H and O–H groups in total. The van der Waals surface area contributed by atoms with Crippen molar-refractivity contribution in [1.29, 1.82) is 0 Å². The summed E-state index contributed by atoms with van der Waals surface area (Å²) in [6, 6.07) is 16.4. The summed E-state index contributed by atoms with van der Waals surface area (Å²) in [4.78, 5) is 12.1. The molecule has 0 spiro atoms. The molecule has 4 nitrogen and oxygen atoms in total. The van der Waals surface area contributed by atoms with E-state index in [4.69, 9.17) is 4.74 Å². The fourth-order valence-electron chi connectivity index (χ4n) is 4.53. The second-order valence-electron chi connectivity index (χ2n) is 9.42. The van der Waals surface area contributed by atoms with Crippen molar-refractivity contribution in [2.45, 2.75) is 51.0 Å². The van der Waals surface area contributed by atoms with E-state index < -0.39 is 17.5 Å². The van der Waals surface area contributed by atoms with Crippen LogP contribution in [0.15, 0.2) is 60.7 Å². The van der Waals surface area contributed by atoms with Crippen LogP contribution in [-0.2, 0) is 11.2 Å². The number of nitrogens with one attached hydrogen (secondary N) is 1. The Hall–Kier alpha value is -3.41. The molecule has 172 valence electrons. The number of carbonyl (C=O) groups excluding carboxylic acids is 1. The van der Waals surface area contributed by atoms with Gasteiger partial charge in [0.05, 0.1) is 5.69 Å². The SMILES string of the molecule is CC(C)(C)OC(=O)Nc1ccc(C2c3ccc(O)cc3CCC2c2ccc(F)cc2)cc1F. The second-order valence-corrected chi connectivity index (χ2v) is 9.42. The number of carbonyl (C=O) groups is 1. The molecule has 1 amide bonds. The van der Waals surface area contributed by atoms with Gasteiger partial charge in [0.1, 0.15) is 23.0 Å². The molecule has 2 atom stereocenters. The lowest BCUT2D eigenvalue weighted by molar-refractivity contribution is 0.0635. The lowest BCUT2D eigenvalue weighted by Gasteiger charge is -2.35. The molecule has 0 aliphatic heterocycles. The lowest BCUT2D eigenvalue weighted by Crippen LogP contribution is -2.27. The summed E-state index contributed by atoms with van der Waals surface area (Å²) in [7, 11) is 0. The molecule has 0 fully saturated rings. The van der Waals surface area contributed by atoms with Gasteiger partial charge in [-0.15, -0.1) is 0 Å². The molecule has 33 heavy (non-hydrogen) atoms. The highest BCUT2D eigenvalue weighted by Gasteiger charge is 2.33. The van der Waals surface area contributed by atoms with Crippen LogP contribution in [0.25, 0.3) is 0 Å². The summed E-state index contributed by atoms with van der Waals surface area (Å²) in [6.07, 6.45) is 0.798. The zero-order valence-electron chi connectivity index (χ0n) is 18.9. The molecule has 6 heteroatoms. The first-order chi connectivity index (χ1) is 15.6. The third-order valence-electron chi connectivity index (χ3n) is 5.87. The number of aryl methyl sites for hydroxylation is 1. The molecule has 0 aromatic heterocycles. The van der Waals surface area contributed by atoms with Gasteiger partial charge in [0.15, 0.2) is 0 Å². The van der Waals surface area contributed by atoms with Crippen LogP contribution in [-0.4, -0.2) is 16.8 Å². The minimum Gasteiger partial charge on any atom is -0.508 e. The van der Waals surface area contributed by atoms with E-state index in [0.717, 1.165) is 35.1 Å². The van der Waals surface area contributed by atoms with Crippen LogP contribution in [0.4, 0.5) is 19.3 Å². The van der Waals surface area contributed by atoms with Gasteiger partial charge in [-0.2, -0.15) is 0 Å². The van der Waals surface area contributed by atoms with E-state index >= 15 is 4.39 Å². The summed E-state index contributed by atoms with van der Waals surface area (Å²) in [6.45, 7) is 5.21. The highest BCUT2D eigenvalue weighted by molar-refractivity contribution is 5.85. The lowest BCUT2D eigenvalue weighted by atomic mass is 9.69. The highest BCUT2D eigenvalue weighted by Crippen LogP contribution is 2.47. The number of benzene rings is 3. The number of halogens is 2. The van der Waals surface area contributed by atoms with Gasteiger partial charge in [-0.25, -0.2) is 13.6 Å². The number of amides is 1. The van der Waals surface area contributed by atoms with Crippen LogP contribution < -0.4 is 5.32 Å². The van der Waals surface area contributed by atoms with Crippen molar-refractivity contribution in [1.82, 2.24) is 0 Å². The largest absolute Gasteiger partial charge is 0.508 e. The zero-order chi connectivity index (χ0) is 23.8. The van der Waals surface area contributed by atoms with Crippen molar-refractivity contribution in [3.8, 4) is 5.75 Å². The number of hydrogen-bond acceptors (Lipinski definition) is 3. The molecular formula is C27H27F2NO3. The standard InChI is InChI=1S/C27H27F2NO3/c1-27(2,3)33-26(32)30-24-13-7-18(15-23(24)29)25-21(16-4-8-19(28)9-5-16)11-6-17-14-20(31)10-12-22(17)25/h4-5,7-10,12-15,21,25,31H,6,11H2,1-3H3,(H,30,32). The molecule has 0 bridgehead atoms. The molecule has 2 unspecified atom stereocenters. The first-order valence-corrected chi connectivity index (χ1v) is 11.0. The molecule has 4 rings (SSSR count). The van der Waals surface area contributed by atoms with E-state index in [1.54, 1.807) is 51.1 Å². The molecule has 1 aliphatic carbocycles. The Labute approximate surface area is 192 Å². The number of hydrogen-bond donors (Lipinski definition) is 2. The van der Waals surface area contributed by atoms with Gasteiger partial charge >= 0.3 is 6.09 Å². The minimum atomic E-state index is -0.725. The van der Waals surface area contributed by atoms with Crippen molar-refractivity contribution in [3.63, 3.8) is 0 Å². The van der Waals surface area contributed by atoms with E-state index in [0.29, 0.717) is 0 Å². The van der Waals surface area contributed by atoms with Crippen LogP contribution >= 0.6 is 0 Å². The Balaban J connectivity index is 1.71. The zero-order valence-corrected chi connectivity index (χ0v) is 18.9. The number of anilines is 1. The maximum absolute atomic E-state index is 15.1. The predicted octanol–water partition coefficient (Wildman–Crippen LogP) is 6.88. The van der Waals surface area contributed by atoms with Gasteiger partial charge in [-0.1, -0.05) is 24.3 Å². The van der Waals surface area contributed by atoms with Crippen molar-refractivity contribution in [2.24, 2.45) is 0 Å². The Morgan fingerprint density at radius 2 is 1.70 bits per heavy atom. The monoisotopic (exact) mass is 451 g/mol. The fourth-order valence-corrected chi connectivity index (χ4v) is 4.53. The minimum absolute atomic E-state index is 0.00621. The van der Waals surface area contributed by atoms with Gasteiger partial charge in [0.25, 0.3) is 0 Å². The first kappa shape index (κ1) is 22.8. The Morgan fingerprint density at radius 1 is 1.00 bits per heavy atom. The maximum Gasteiger partial charge on any atom is 0.412 e. The summed E-state index contributed by atoms with van der Waals surface area (Å²) in [5, 5.41) is 12.4. The van der Waals surface area contributed by atoms with Gasteiger partial charge in [0, 0.05) is 5.92 Å². The van der Waals surface area contributed by atoms with Crippen LogP contribution in [0, 0.1) is 11.6 Å². The highest BCUT2D eigenvalue weighted by atomic mass is 19.1. The molecule has 0 saturated heterocycles. The predicted molar refractivity (Wildman–Crippen MR) is 124 cm³/mol. The van der Waals surface area contributed by atoms with E-state index in [9.17, 15) is 14.3 Å². The quantitative estimate of drug-likeness (QED) is 0.456. The normalized spacial score (nSPS) is 17.8. The molecule has 1 aliphatic rings. The molecule has 3 aromatic rings. The Bertz CT molecular complexity index is 1170. The number of ether oxygens (including phenoxy) is 1. The third-order valence-corrected chi connectivity index (χ3v) is 5.87. The van der Waals surface area contributed by atoms with E-state index in [2.05, 4.69) is 5.32 Å². The average molecular weight is 452 g/mol. The van der Waals surface area contributed by atoms with Gasteiger partial charge < -0.3 is 9.84 Å². The van der Waals surface area contributed by atoms with Crippen LogP contribution in [0.5, 0.6) is 5.75 Å². The second kappa shape index (κ2) is 8.85. The van der Waals surface area contributed by atoms with Gasteiger partial charge in [-0.3, -0.25) is 5.32 Å². The topological polar surface area (TPSA) is 58.6 Å². The molecule has 0 radical (unpaired) electrons. The summed E-state index contributed by atoms with van der Waals surface area (Å²) in [5.74, 6) is -0.866. The van der Waals surface area contributed by atoms with Crippen LogP contribution in [0.3, 0.4) is 0 Å². The number of phenolic OH excluding ortho intramolecular Hbond substituents is 1. The third kappa shape index (κ3) is 5.16. The molecule has 0 heterocycles. The maximum atomic E-state index is 15.1. The average Bonchev–Trinajstić information content (AvgIpc) is 2.73. The number of fused-ring (bicyclic) bond motifs is 1. The van der Waals surface area contributed by atoms with Crippen LogP contribution in [0.2, 0.25) is 0 Å². The Morgan fingerprint density at radius 3 is 2.36 bits per heavy atom. The van der Waals surface area contributed by atoms with Crippen LogP contribution in [0.1, 0.15) is 61.3 Å². The molecular weight excluding hydrogens is 424 g/mol. The van der Waals surface area contributed by atoms with Crippen molar-refractivity contribution < 1.29 is 23.4 Å². The van der Waals surface area contributed by atoms with Crippen molar-refractivity contribution in [3.05, 3.63) is 94.6 Å². The summed E-state index contributed by atoms with van der Waals surface area (Å²) in [5.41, 5.74) is 3.06. The number of phenols is 1. The fraction of sp³-hybridized carbons (Fsp3) is 0.296. The molecule has 0 saturated carbocycles. The van der Waals surface area contributed by atoms with E-state index in [-0.39, 0.29) is 29.1 Å². The Kier molecular flexibility index (Phi) is 6.11. The first-order valence-electron chi connectivity index (χ1n) is 11.0. The van der Waals surface area contributed by atoms with Gasteiger partial charge in [-0.05, 0) is 98.2 Å².